The Morgan fingerprint density at radius 3 is 1.78 bits per heavy atom. The van der Waals surface area contributed by atoms with Crippen molar-refractivity contribution in [3.63, 3.8) is 0 Å². The van der Waals surface area contributed by atoms with Crippen molar-refractivity contribution in [1.82, 2.24) is 0 Å². The summed E-state index contributed by atoms with van der Waals surface area (Å²) in [6.07, 6.45) is 7.52. The van der Waals surface area contributed by atoms with Crippen LogP contribution in [0, 0.1) is 43.9 Å². The van der Waals surface area contributed by atoms with Gasteiger partial charge in [0, 0.05) is 12.2 Å². The first-order chi connectivity index (χ1) is 8.58. The molecule has 96 valence electrons. The summed E-state index contributed by atoms with van der Waals surface area (Å²) in [5, 5.41) is 21.9. The minimum atomic E-state index is -0.618. The molecule has 4 atom stereocenters. The van der Waals surface area contributed by atoms with Gasteiger partial charge in [0.25, 0.3) is 0 Å². The third-order valence-corrected chi connectivity index (χ3v) is 4.64. The van der Waals surface area contributed by atoms with E-state index < -0.39 is 9.85 Å². The van der Waals surface area contributed by atoms with Gasteiger partial charge in [-0.2, -0.15) is 0 Å². The predicted molar refractivity (Wildman–Crippen MR) is 62.6 cm³/mol. The highest BCUT2D eigenvalue weighted by atomic mass is 16.6. The van der Waals surface area contributed by atoms with E-state index >= 15 is 0 Å². The number of hydrogen-bond acceptors (Lipinski definition) is 4. The van der Waals surface area contributed by atoms with E-state index in [1.165, 1.54) is 0 Å². The Hall–Kier alpha value is -1.72. The van der Waals surface area contributed by atoms with E-state index in [4.69, 9.17) is 0 Å². The fourth-order valence-electron chi connectivity index (χ4n) is 3.93. The van der Waals surface area contributed by atoms with Crippen LogP contribution in [-0.2, 0) is 0 Å². The van der Waals surface area contributed by atoms with Gasteiger partial charge >= 0.3 is 11.4 Å². The van der Waals surface area contributed by atoms with E-state index in [-0.39, 0.29) is 23.2 Å². The molecule has 18 heavy (non-hydrogen) atoms. The Morgan fingerprint density at radius 1 is 0.944 bits per heavy atom. The fourth-order valence-corrected chi connectivity index (χ4v) is 3.93. The van der Waals surface area contributed by atoms with Crippen LogP contribution in [0.5, 0.6) is 0 Å². The first-order valence-corrected chi connectivity index (χ1v) is 6.30. The molecule has 0 aromatic carbocycles. The van der Waals surface area contributed by atoms with Gasteiger partial charge in [-0.1, -0.05) is 6.42 Å². The predicted octanol–water partition coefficient (Wildman–Crippen LogP) is 2.37. The Labute approximate surface area is 104 Å². The molecule has 0 aliphatic heterocycles. The van der Waals surface area contributed by atoms with Crippen molar-refractivity contribution in [2.45, 2.75) is 25.7 Å². The zero-order valence-electron chi connectivity index (χ0n) is 9.82. The Morgan fingerprint density at radius 2 is 1.39 bits per heavy atom. The van der Waals surface area contributed by atoms with Crippen LogP contribution in [0.1, 0.15) is 25.7 Å². The number of nitro groups is 2. The first kappa shape index (κ1) is 11.4. The molecule has 0 saturated heterocycles. The second kappa shape index (κ2) is 3.90. The smallest absolute Gasteiger partial charge is 0.258 e. The van der Waals surface area contributed by atoms with Crippen molar-refractivity contribution in [2.75, 3.05) is 0 Å². The number of hydrogen-bond donors (Lipinski definition) is 0. The van der Waals surface area contributed by atoms with Crippen LogP contribution in [0.2, 0.25) is 0 Å². The van der Waals surface area contributed by atoms with E-state index in [1.807, 2.05) is 0 Å². The number of rotatable bonds is 2. The van der Waals surface area contributed by atoms with Crippen molar-refractivity contribution < 1.29 is 9.85 Å². The molecule has 0 heterocycles. The average Bonchev–Trinajstić information content (AvgIpc) is 2.59. The molecular weight excluding hydrogens is 236 g/mol. The molecule has 3 aliphatic rings. The maximum atomic E-state index is 10.9. The van der Waals surface area contributed by atoms with E-state index in [0.29, 0.717) is 11.8 Å². The number of fused-ring (bicyclic) bond motifs is 5. The third kappa shape index (κ3) is 1.55. The highest BCUT2D eigenvalue weighted by molar-refractivity contribution is 5.28. The highest BCUT2D eigenvalue weighted by Gasteiger charge is 2.49. The largest absolute Gasteiger partial charge is 0.342 e. The summed E-state index contributed by atoms with van der Waals surface area (Å²) in [5.74, 6) is 1.24. The van der Waals surface area contributed by atoms with E-state index in [1.54, 1.807) is 12.2 Å². The molecule has 0 aromatic heterocycles. The summed E-state index contributed by atoms with van der Waals surface area (Å²) < 4.78 is 0. The standard InChI is InChI=1S/C12H14N2O4/c15-13(16)11-5-9-7-2-1-3-8(4-7)10(9)6-12(11)14(17)18/h5-10H,1-4H2/t7-,8?,9?,10?/m0/s1. The van der Waals surface area contributed by atoms with Gasteiger partial charge in [-0.25, -0.2) is 0 Å². The lowest BCUT2D eigenvalue weighted by Crippen LogP contribution is -2.22. The molecule has 0 amide bonds. The second-order valence-electron chi connectivity index (χ2n) is 5.46. The monoisotopic (exact) mass is 250 g/mol. The summed E-state index contributed by atoms with van der Waals surface area (Å²) in [6, 6.07) is 0. The Bertz CT molecular complexity index is 440. The van der Waals surface area contributed by atoms with Gasteiger partial charge in [0.2, 0.25) is 0 Å². The maximum Gasteiger partial charge on any atom is 0.342 e. The topological polar surface area (TPSA) is 86.3 Å². The molecule has 2 bridgehead atoms. The molecular formula is C12H14N2O4. The van der Waals surface area contributed by atoms with Crippen LogP contribution >= 0.6 is 0 Å². The van der Waals surface area contributed by atoms with Crippen LogP contribution in [0.3, 0.4) is 0 Å². The van der Waals surface area contributed by atoms with Crippen LogP contribution < -0.4 is 0 Å². The van der Waals surface area contributed by atoms with Gasteiger partial charge in [0.05, 0.1) is 9.85 Å². The SMILES string of the molecule is O=[N+]([O-])C1=CC2C3CCC[C@@H](C3)C2C=C1[N+](=O)[O-]. The van der Waals surface area contributed by atoms with Gasteiger partial charge in [-0.15, -0.1) is 0 Å². The second-order valence-corrected chi connectivity index (χ2v) is 5.46. The molecule has 3 aliphatic carbocycles. The van der Waals surface area contributed by atoms with Crippen molar-refractivity contribution in [1.29, 1.82) is 0 Å². The van der Waals surface area contributed by atoms with Crippen molar-refractivity contribution >= 4 is 0 Å². The van der Waals surface area contributed by atoms with Gasteiger partial charge < -0.3 is 0 Å². The summed E-state index contributed by atoms with van der Waals surface area (Å²) in [7, 11) is 0. The number of nitrogens with zero attached hydrogens (tertiary/aromatic N) is 2. The van der Waals surface area contributed by atoms with Gasteiger partial charge in [-0.05, 0) is 42.9 Å². The molecule has 2 saturated carbocycles. The molecule has 0 N–H and O–H groups in total. The molecule has 3 unspecified atom stereocenters. The minimum Gasteiger partial charge on any atom is -0.258 e. The van der Waals surface area contributed by atoms with Crippen molar-refractivity contribution in [3.8, 4) is 0 Å². The lowest BCUT2D eigenvalue weighted by Gasteiger charge is -2.20. The Balaban J connectivity index is 2.02. The van der Waals surface area contributed by atoms with E-state index in [2.05, 4.69) is 0 Å². The quantitative estimate of drug-likeness (QED) is 0.556. The highest BCUT2D eigenvalue weighted by Crippen LogP contribution is 2.53. The Kier molecular flexibility index (Phi) is 2.46. The van der Waals surface area contributed by atoms with Crippen LogP contribution in [0.25, 0.3) is 0 Å². The van der Waals surface area contributed by atoms with Crippen LogP contribution in [0.4, 0.5) is 0 Å². The van der Waals surface area contributed by atoms with Crippen LogP contribution in [0.15, 0.2) is 23.5 Å². The average molecular weight is 250 g/mol. The molecule has 0 spiro atoms. The third-order valence-electron chi connectivity index (χ3n) is 4.64. The minimum absolute atomic E-state index is 0.140. The zero-order valence-corrected chi connectivity index (χ0v) is 9.82. The lowest BCUT2D eigenvalue weighted by molar-refractivity contribution is -0.481. The van der Waals surface area contributed by atoms with Crippen LogP contribution in [-0.4, -0.2) is 9.85 Å². The molecule has 3 rings (SSSR count). The van der Waals surface area contributed by atoms with E-state index in [0.717, 1.165) is 25.7 Å². The molecule has 0 aromatic rings. The molecule has 6 heteroatoms. The summed E-state index contributed by atoms with van der Waals surface area (Å²) in [5.41, 5.74) is -0.623. The number of allylic oxidation sites excluding steroid dienone is 2. The van der Waals surface area contributed by atoms with Gasteiger partial charge in [0.15, 0.2) is 0 Å². The lowest BCUT2D eigenvalue weighted by atomic mass is 9.83. The maximum absolute atomic E-state index is 10.9. The summed E-state index contributed by atoms with van der Waals surface area (Å²) in [6.45, 7) is 0. The fraction of sp³-hybridized carbons (Fsp3) is 0.667. The normalized spacial score (nSPS) is 37.6. The summed E-state index contributed by atoms with van der Waals surface area (Å²) in [4.78, 5) is 20.6. The zero-order chi connectivity index (χ0) is 12.9. The van der Waals surface area contributed by atoms with Gasteiger partial charge in [-0.3, -0.25) is 20.2 Å². The first-order valence-electron chi connectivity index (χ1n) is 6.30. The molecule has 6 nitrogen and oxygen atoms in total. The molecule has 2 fully saturated rings. The van der Waals surface area contributed by atoms with E-state index in [9.17, 15) is 20.2 Å². The van der Waals surface area contributed by atoms with Crippen molar-refractivity contribution in [2.24, 2.45) is 23.7 Å². The van der Waals surface area contributed by atoms with Crippen molar-refractivity contribution in [3.05, 3.63) is 43.8 Å². The molecule has 0 radical (unpaired) electrons. The summed E-state index contributed by atoms with van der Waals surface area (Å²) >= 11 is 0. The van der Waals surface area contributed by atoms with Gasteiger partial charge in [0.1, 0.15) is 0 Å².